The Hall–Kier alpha value is -2.57. The third kappa shape index (κ3) is 2.45. The molecule has 7 heteroatoms. The van der Waals surface area contributed by atoms with Crippen LogP contribution in [-0.2, 0) is 12.8 Å². The molecule has 0 aromatic carbocycles. The van der Waals surface area contributed by atoms with Crippen LogP contribution in [0.15, 0.2) is 18.5 Å². The summed E-state index contributed by atoms with van der Waals surface area (Å²) < 4.78 is 1.98. The first kappa shape index (κ1) is 14.7. The third-order valence-corrected chi connectivity index (χ3v) is 5.46. The SMILES string of the molecule is Cc1nccnc1N1CCC(c2nnc3cc4c(nn23)CCC4)CC1. The van der Waals surface area contributed by atoms with Gasteiger partial charge in [-0.3, -0.25) is 4.98 Å². The highest BCUT2D eigenvalue weighted by Crippen LogP contribution is 2.30. The molecule has 0 amide bonds. The summed E-state index contributed by atoms with van der Waals surface area (Å²) in [7, 11) is 0. The van der Waals surface area contributed by atoms with Crippen LogP contribution in [0.1, 0.15) is 48.0 Å². The van der Waals surface area contributed by atoms with Gasteiger partial charge in [-0.05, 0) is 50.7 Å². The van der Waals surface area contributed by atoms with E-state index in [2.05, 4.69) is 31.1 Å². The molecule has 0 bridgehead atoms. The number of nitrogens with zero attached hydrogens (tertiary/aromatic N) is 7. The summed E-state index contributed by atoms with van der Waals surface area (Å²) in [6, 6.07) is 2.17. The van der Waals surface area contributed by atoms with E-state index in [-0.39, 0.29) is 0 Å². The Morgan fingerprint density at radius 2 is 1.88 bits per heavy atom. The van der Waals surface area contributed by atoms with Crippen molar-refractivity contribution in [3.05, 3.63) is 41.2 Å². The lowest BCUT2D eigenvalue weighted by atomic mass is 9.96. The number of fused-ring (bicyclic) bond motifs is 2. The second-order valence-corrected chi connectivity index (χ2v) is 7.02. The predicted molar refractivity (Wildman–Crippen MR) is 93.8 cm³/mol. The highest BCUT2D eigenvalue weighted by Gasteiger charge is 2.27. The molecule has 1 fully saturated rings. The van der Waals surface area contributed by atoms with Gasteiger partial charge in [-0.15, -0.1) is 10.2 Å². The van der Waals surface area contributed by atoms with E-state index >= 15 is 0 Å². The maximum atomic E-state index is 4.84. The van der Waals surface area contributed by atoms with E-state index in [4.69, 9.17) is 5.10 Å². The van der Waals surface area contributed by atoms with E-state index in [9.17, 15) is 0 Å². The molecule has 1 saturated heterocycles. The van der Waals surface area contributed by atoms with Crippen LogP contribution >= 0.6 is 0 Å². The quantitative estimate of drug-likeness (QED) is 0.714. The minimum absolute atomic E-state index is 0.398. The second-order valence-electron chi connectivity index (χ2n) is 7.02. The molecule has 128 valence electrons. The van der Waals surface area contributed by atoms with Crippen LogP contribution in [0.3, 0.4) is 0 Å². The zero-order valence-electron chi connectivity index (χ0n) is 14.4. The summed E-state index contributed by atoms with van der Waals surface area (Å²) in [6.45, 7) is 3.94. The lowest BCUT2D eigenvalue weighted by Crippen LogP contribution is -2.34. The Morgan fingerprint density at radius 1 is 1.04 bits per heavy atom. The summed E-state index contributed by atoms with van der Waals surface area (Å²) in [6.07, 6.45) is 8.99. The Kier molecular flexibility index (Phi) is 3.39. The van der Waals surface area contributed by atoms with Crippen molar-refractivity contribution < 1.29 is 0 Å². The first-order valence-electron chi connectivity index (χ1n) is 9.06. The number of rotatable bonds is 2. The van der Waals surface area contributed by atoms with Gasteiger partial charge in [-0.2, -0.15) is 9.61 Å². The van der Waals surface area contributed by atoms with Crippen molar-refractivity contribution in [3.8, 4) is 0 Å². The Morgan fingerprint density at radius 3 is 2.72 bits per heavy atom. The topological polar surface area (TPSA) is 72.1 Å². The van der Waals surface area contributed by atoms with Gasteiger partial charge >= 0.3 is 0 Å². The van der Waals surface area contributed by atoms with Crippen molar-refractivity contribution in [2.75, 3.05) is 18.0 Å². The van der Waals surface area contributed by atoms with Crippen LogP contribution in [0.4, 0.5) is 5.82 Å². The fourth-order valence-corrected chi connectivity index (χ4v) is 4.11. The normalized spacial score (nSPS) is 18.0. The summed E-state index contributed by atoms with van der Waals surface area (Å²) in [5.74, 6) is 2.42. The maximum Gasteiger partial charge on any atom is 0.178 e. The Labute approximate surface area is 146 Å². The van der Waals surface area contributed by atoms with Gasteiger partial charge in [0.05, 0.1) is 11.4 Å². The second kappa shape index (κ2) is 5.75. The van der Waals surface area contributed by atoms with Gasteiger partial charge < -0.3 is 4.90 Å². The van der Waals surface area contributed by atoms with E-state index in [0.29, 0.717) is 5.92 Å². The Bertz CT molecular complexity index is 924. The van der Waals surface area contributed by atoms with Gasteiger partial charge in [0, 0.05) is 31.4 Å². The van der Waals surface area contributed by atoms with Crippen LogP contribution < -0.4 is 4.90 Å². The van der Waals surface area contributed by atoms with Gasteiger partial charge in [-0.1, -0.05) is 0 Å². The third-order valence-electron chi connectivity index (χ3n) is 5.46. The molecular weight excluding hydrogens is 314 g/mol. The molecule has 0 saturated carbocycles. The van der Waals surface area contributed by atoms with Gasteiger partial charge in [0.25, 0.3) is 0 Å². The smallest absolute Gasteiger partial charge is 0.178 e. The molecule has 1 aliphatic heterocycles. The van der Waals surface area contributed by atoms with Crippen molar-refractivity contribution >= 4 is 11.5 Å². The van der Waals surface area contributed by atoms with Gasteiger partial charge in [0.15, 0.2) is 11.5 Å². The highest BCUT2D eigenvalue weighted by atomic mass is 15.4. The molecule has 25 heavy (non-hydrogen) atoms. The molecule has 3 aromatic rings. The highest BCUT2D eigenvalue weighted by molar-refractivity contribution is 5.44. The van der Waals surface area contributed by atoms with Crippen LogP contribution in [-0.4, -0.2) is 42.9 Å². The standard InChI is InChI=1S/C18H21N7/c1-12-17(20-8-7-19-12)24-9-5-13(6-10-24)18-22-21-16-11-14-3-2-4-15(14)23-25(16)18/h7-8,11,13H,2-6,9-10H2,1H3. The summed E-state index contributed by atoms with van der Waals surface area (Å²) in [5.41, 5.74) is 4.45. The molecule has 2 aliphatic rings. The zero-order chi connectivity index (χ0) is 16.8. The number of aryl methyl sites for hydroxylation is 3. The number of hydrogen-bond donors (Lipinski definition) is 0. The fourth-order valence-electron chi connectivity index (χ4n) is 4.11. The zero-order valence-corrected chi connectivity index (χ0v) is 14.4. The molecule has 1 aliphatic carbocycles. The van der Waals surface area contributed by atoms with Crippen LogP contribution in [0, 0.1) is 6.92 Å². The lowest BCUT2D eigenvalue weighted by molar-refractivity contribution is 0.473. The van der Waals surface area contributed by atoms with E-state index in [1.807, 2.05) is 11.4 Å². The number of anilines is 1. The summed E-state index contributed by atoms with van der Waals surface area (Å²) in [5, 5.41) is 13.7. The van der Waals surface area contributed by atoms with Crippen molar-refractivity contribution in [1.82, 2.24) is 29.8 Å². The average Bonchev–Trinajstić information content (AvgIpc) is 3.26. The number of aromatic nitrogens is 6. The molecule has 3 aromatic heterocycles. The molecule has 5 rings (SSSR count). The molecule has 7 nitrogen and oxygen atoms in total. The minimum atomic E-state index is 0.398. The first-order chi connectivity index (χ1) is 12.3. The van der Waals surface area contributed by atoms with Gasteiger partial charge in [-0.25, -0.2) is 4.98 Å². The molecule has 0 N–H and O–H groups in total. The number of hydrogen-bond acceptors (Lipinski definition) is 6. The molecular formula is C18H21N7. The maximum absolute atomic E-state index is 4.84. The van der Waals surface area contributed by atoms with Crippen molar-refractivity contribution in [2.45, 2.75) is 44.9 Å². The van der Waals surface area contributed by atoms with Crippen LogP contribution in [0.2, 0.25) is 0 Å². The van der Waals surface area contributed by atoms with Gasteiger partial charge in [0.2, 0.25) is 0 Å². The molecule has 0 spiro atoms. The van der Waals surface area contributed by atoms with Crippen LogP contribution in [0.5, 0.6) is 0 Å². The predicted octanol–water partition coefficient (Wildman–Crippen LogP) is 2.10. The first-order valence-corrected chi connectivity index (χ1v) is 9.06. The van der Waals surface area contributed by atoms with E-state index in [0.717, 1.165) is 61.8 Å². The number of piperidine rings is 1. The molecule has 0 unspecified atom stereocenters. The summed E-state index contributed by atoms with van der Waals surface area (Å²) >= 11 is 0. The van der Waals surface area contributed by atoms with Crippen molar-refractivity contribution in [1.29, 1.82) is 0 Å². The lowest BCUT2D eigenvalue weighted by Gasteiger charge is -2.32. The van der Waals surface area contributed by atoms with Crippen molar-refractivity contribution in [3.63, 3.8) is 0 Å². The summed E-state index contributed by atoms with van der Waals surface area (Å²) in [4.78, 5) is 11.2. The minimum Gasteiger partial charge on any atom is -0.355 e. The molecule has 4 heterocycles. The molecule has 0 atom stereocenters. The molecule has 0 radical (unpaired) electrons. The fraction of sp³-hybridized carbons (Fsp3) is 0.500. The monoisotopic (exact) mass is 335 g/mol. The average molecular weight is 335 g/mol. The van der Waals surface area contributed by atoms with Crippen molar-refractivity contribution in [2.24, 2.45) is 0 Å². The van der Waals surface area contributed by atoms with E-state index in [1.54, 1.807) is 12.4 Å². The Balaban J connectivity index is 1.39. The van der Waals surface area contributed by atoms with Gasteiger partial charge in [0.1, 0.15) is 5.82 Å². The van der Waals surface area contributed by atoms with E-state index in [1.165, 1.54) is 17.7 Å². The largest absolute Gasteiger partial charge is 0.355 e. The van der Waals surface area contributed by atoms with Crippen LogP contribution in [0.25, 0.3) is 5.65 Å². The van der Waals surface area contributed by atoms with E-state index < -0.39 is 0 Å².